The highest BCUT2D eigenvalue weighted by Crippen LogP contribution is 2.33. The van der Waals surface area contributed by atoms with Crippen molar-refractivity contribution in [1.29, 1.82) is 0 Å². The van der Waals surface area contributed by atoms with E-state index >= 15 is 0 Å². The smallest absolute Gasteiger partial charge is 0.256 e. The Bertz CT molecular complexity index is 622. The minimum absolute atomic E-state index is 0.0233. The van der Waals surface area contributed by atoms with Crippen LogP contribution in [-0.4, -0.2) is 23.2 Å². The molecule has 0 bridgehead atoms. The molecule has 1 aliphatic rings. The quantitative estimate of drug-likeness (QED) is 0.941. The van der Waals surface area contributed by atoms with Gasteiger partial charge < -0.3 is 5.73 Å². The zero-order valence-corrected chi connectivity index (χ0v) is 11.7. The molecule has 0 saturated carbocycles. The van der Waals surface area contributed by atoms with Crippen molar-refractivity contribution in [3.05, 3.63) is 58.3 Å². The van der Waals surface area contributed by atoms with Crippen LogP contribution in [0.25, 0.3) is 0 Å². The fraction of sp³-hybridized carbons (Fsp3) is 0.200. The first-order valence-corrected chi connectivity index (χ1v) is 7.36. The summed E-state index contributed by atoms with van der Waals surface area (Å²) < 4.78 is 0. The monoisotopic (exact) mass is 285 g/mol. The number of nitrogens with zero attached hydrogens (tertiary/aromatic N) is 2. The van der Waals surface area contributed by atoms with Crippen LogP contribution in [0.1, 0.15) is 22.9 Å². The third kappa shape index (κ3) is 2.37. The van der Waals surface area contributed by atoms with E-state index in [1.54, 1.807) is 11.3 Å². The van der Waals surface area contributed by atoms with Crippen LogP contribution in [-0.2, 0) is 4.79 Å². The average Bonchev–Trinajstić information content (AvgIpc) is 3.16. The molecule has 102 valence electrons. The highest BCUT2D eigenvalue weighted by molar-refractivity contribution is 7.12. The van der Waals surface area contributed by atoms with Crippen LogP contribution in [0.15, 0.2) is 52.9 Å². The van der Waals surface area contributed by atoms with Gasteiger partial charge in [0.1, 0.15) is 0 Å². The molecule has 0 spiro atoms. The van der Waals surface area contributed by atoms with E-state index in [1.807, 2.05) is 47.8 Å². The highest BCUT2D eigenvalue weighted by Gasteiger charge is 2.32. The number of hydrazone groups is 1. The number of carbonyl (C=O) groups excluding carboxylic acids is 1. The van der Waals surface area contributed by atoms with Crippen LogP contribution in [0.3, 0.4) is 0 Å². The molecule has 1 aromatic heterocycles. The van der Waals surface area contributed by atoms with Crippen molar-refractivity contribution >= 4 is 23.0 Å². The Hall–Kier alpha value is -1.98. The molecule has 2 heterocycles. The van der Waals surface area contributed by atoms with E-state index in [0.29, 0.717) is 0 Å². The zero-order chi connectivity index (χ0) is 13.9. The first-order valence-electron chi connectivity index (χ1n) is 6.48. The molecule has 1 atom stereocenters. The highest BCUT2D eigenvalue weighted by atomic mass is 32.1. The summed E-state index contributed by atoms with van der Waals surface area (Å²) in [6.07, 6.45) is 0.732. The van der Waals surface area contributed by atoms with Crippen LogP contribution < -0.4 is 5.73 Å². The third-order valence-corrected chi connectivity index (χ3v) is 4.25. The van der Waals surface area contributed by atoms with Crippen LogP contribution in [0, 0.1) is 0 Å². The van der Waals surface area contributed by atoms with Gasteiger partial charge in [-0.3, -0.25) is 4.79 Å². The maximum absolute atomic E-state index is 12.0. The van der Waals surface area contributed by atoms with Crippen molar-refractivity contribution in [2.24, 2.45) is 10.8 Å². The Morgan fingerprint density at radius 3 is 2.75 bits per heavy atom. The predicted octanol–water partition coefficient (Wildman–Crippen LogP) is 2.38. The van der Waals surface area contributed by atoms with Gasteiger partial charge in [0.25, 0.3) is 5.91 Å². The Balaban J connectivity index is 1.94. The molecule has 3 rings (SSSR count). The second kappa shape index (κ2) is 5.56. The van der Waals surface area contributed by atoms with Gasteiger partial charge in [0.15, 0.2) is 0 Å². The SMILES string of the molecule is NCC(=O)N1N=C(c2cccs2)CC1c1ccccc1. The summed E-state index contributed by atoms with van der Waals surface area (Å²) in [5, 5.41) is 8.04. The molecule has 2 aromatic rings. The second-order valence-electron chi connectivity index (χ2n) is 4.60. The van der Waals surface area contributed by atoms with Crippen LogP contribution in [0.4, 0.5) is 0 Å². The van der Waals surface area contributed by atoms with Gasteiger partial charge >= 0.3 is 0 Å². The van der Waals surface area contributed by atoms with E-state index < -0.39 is 0 Å². The molecular weight excluding hydrogens is 270 g/mol. The number of amides is 1. The van der Waals surface area contributed by atoms with Gasteiger partial charge in [-0.25, -0.2) is 5.01 Å². The number of nitrogens with two attached hydrogens (primary N) is 1. The third-order valence-electron chi connectivity index (χ3n) is 3.33. The fourth-order valence-electron chi connectivity index (χ4n) is 2.36. The molecule has 1 unspecified atom stereocenters. The van der Waals surface area contributed by atoms with Gasteiger partial charge in [-0.15, -0.1) is 11.3 Å². The molecule has 0 aliphatic carbocycles. The molecule has 1 aromatic carbocycles. The van der Waals surface area contributed by atoms with Crippen molar-refractivity contribution < 1.29 is 4.79 Å². The average molecular weight is 285 g/mol. The summed E-state index contributed by atoms with van der Waals surface area (Å²) in [6.45, 7) is -0.0233. The molecule has 2 N–H and O–H groups in total. The van der Waals surface area contributed by atoms with Crippen LogP contribution in [0.2, 0.25) is 0 Å². The summed E-state index contributed by atoms with van der Waals surface area (Å²) in [7, 11) is 0. The van der Waals surface area contributed by atoms with Gasteiger partial charge in [-0.2, -0.15) is 5.10 Å². The lowest BCUT2D eigenvalue weighted by atomic mass is 10.0. The summed E-state index contributed by atoms with van der Waals surface area (Å²) in [5.41, 5.74) is 7.54. The van der Waals surface area contributed by atoms with E-state index in [9.17, 15) is 4.79 Å². The Morgan fingerprint density at radius 1 is 1.30 bits per heavy atom. The number of thiophene rings is 1. The van der Waals surface area contributed by atoms with Crippen molar-refractivity contribution in [3.63, 3.8) is 0 Å². The van der Waals surface area contributed by atoms with E-state index in [0.717, 1.165) is 22.6 Å². The number of hydrogen-bond donors (Lipinski definition) is 1. The van der Waals surface area contributed by atoms with Gasteiger partial charge in [0.05, 0.1) is 23.2 Å². The normalized spacial score (nSPS) is 18.1. The van der Waals surface area contributed by atoms with E-state index in [4.69, 9.17) is 5.73 Å². The minimum atomic E-state index is -0.148. The van der Waals surface area contributed by atoms with E-state index in [2.05, 4.69) is 5.10 Å². The minimum Gasteiger partial charge on any atom is -0.322 e. The molecule has 4 nitrogen and oxygen atoms in total. The second-order valence-corrected chi connectivity index (χ2v) is 5.54. The summed E-state index contributed by atoms with van der Waals surface area (Å²) in [6, 6.07) is 13.9. The number of carbonyl (C=O) groups is 1. The number of benzene rings is 1. The first-order chi connectivity index (χ1) is 9.79. The van der Waals surface area contributed by atoms with Crippen molar-refractivity contribution in [1.82, 2.24) is 5.01 Å². The molecule has 20 heavy (non-hydrogen) atoms. The molecule has 1 amide bonds. The molecular formula is C15H15N3OS. The van der Waals surface area contributed by atoms with Gasteiger partial charge in [-0.05, 0) is 17.0 Å². The Kier molecular flexibility index (Phi) is 3.62. The molecule has 0 radical (unpaired) electrons. The van der Waals surface area contributed by atoms with E-state index in [1.165, 1.54) is 5.01 Å². The number of hydrogen-bond acceptors (Lipinski definition) is 4. The Morgan fingerprint density at radius 2 is 2.10 bits per heavy atom. The summed E-state index contributed by atoms with van der Waals surface area (Å²) >= 11 is 1.64. The van der Waals surface area contributed by atoms with Crippen molar-refractivity contribution in [2.75, 3.05) is 6.54 Å². The fourth-order valence-corrected chi connectivity index (χ4v) is 3.08. The maximum Gasteiger partial charge on any atom is 0.256 e. The standard InChI is InChI=1S/C15H15N3OS/c16-10-15(19)18-13(11-5-2-1-3-6-11)9-12(17-18)14-7-4-8-20-14/h1-8,13H,9-10,16H2. The van der Waals surface area contributed by atoms with Gasteiger partial charge in [0.2, 0.25) is 0 Å². The van der Waals surface area contributed by atoms with Crippen LogP contribution in [0.5, 0.6) is 0 Å². The first kappa shape index (κ1) is 13.0. The molecule has 1 aliphatic heterocycles. The lowest BCUT2D eigenvalue weighted by Gasteiger charge is -2.21. The summed E-state index contributed by atoms with van der Waals surface area (Å²) in [4.78, 5) is 13.1. The van der Waals surface area contributed by atoms with E-state index in [-0.39, 0.29) is 18.5 Å². The topological polar surface area (TPSA) is 58.7 Å². The van der Waals surface area contributed by atoms with Crippen LogP contribution >= 0.6 is 11.3 Å². The molecule has 5 heteroatoms. The predicted molar refractivity (Wildman–Crippen MR) is 80.6 cm³/mol. The maximum atomic E-state index is 12.0. The van der Waals surface area contributed by atoms with Gasteiger partial charge in [0, 0.05) is 6.42 Å². The number of rotatable bonds is 3. The molecule has 0 saturated heterocycles. The van der Waals surface area contributed by atoms with Gasteiger partial charge in [-0.1, -0.05) is 36.4 Å². The summed E-state index contributed by atoms with van der Waals surface area (Å²) in [5.74, 6) is -0.148. The van der Waals surface area contributed by atoms with Crippen molar-refractivity contribution in [3.8, 4) is 0 Å². The lowest BCUT2D eigenvalue weighted by molar-refractivity contribution is -0.131. The Labute approximate surface area is 121 Å². The molecule has 0 fully saturated rings. The van der Waals surface area contributed by atoms with Crippen molar-refractivity contribution in [2.45, 2.75) is 12.5 Å². The largest absolute Gasteiger partial charge is 0.322 e. The lowest BCUT2D eigenvalue weighted by Crippen LogP contribution is -2.32. The zero-order valence-electron chi connectivity index (χ0n) is 10.9.